The summed E-state index contributed by atoms with van der Waals surface area (Å²) in [6, 6.07) is 1.23. The molecule has 0 amide bonds. The molecule has 0 aliphatic carbocycles. The van der Waals surface area contributed by atoms with Gasteiger partial charge in [-0.3, -0.25) is 4.79 Å². The zero-order chi connectivity index (χ0) is 20.5. The van der Waals surface area contributed by atoms with Gasteiger partial charge in [0.05, 0.1) is 23.6 Å². The summed E-state index contributed by atoms with van der Waals surface area (Å²) < 4.78 is 0. The van der Waals surface area contributed by atoms with Gasteiger partial charge in [-0.05, 0) is 23.4 Å². The zero-order valence-electron chi connectivity index (χ0n) is 16.6. The molecule has 0 saturated carbocycles. The van der Waals surface area contributed by atoms with E-state index in [1.54, 1.807) is 0 Å². The van der Waals surface area contributed by atoms with Gasteiger partial charge >= 0.3 is 0 Å². The quantitative estimate of drug-likeness (QED) is 0.333. The van der Waals surface area contributed by atoms with Crippen molar-refractivity contribution in [2.75, 3.05) is 6.61 Å². The minimum absolute atomic E-state index is 0.226. The lowest BCUT2D eigenvalue weighted by molar-refractivity contribution is -0.134. The van der Waals surface area contributed by atoms with Gasteiger partial charge in [-0.25, -0.2) is 0 Å². The molecule has 1 heterocycles. The van der Waals surface area contributed by atoms with Crippen molar-refractivity contribution in [2.45, 2.75) is 83.8 Å². The molecule has 0 fully saturated rings. The van der Waals surface area contributed by atoms with Crippen LogP contribution in [0.1, 0.15) is 88.2 Å². The summed E-state index contributed by atoms with van der Waals surface area (Å²) in [7, 11) is 0. The number of nitrogens with two attached hydrogens (primary N) is 1. The molecule has 0 spiro atoms. The number of aliphatic hydroxyl groups is 2. The molecule has 154 valence electrons. The molecule has 5 nitrogen and oxygen atoms in total. The highest BCUT2D eigenvalue weighted by molar-refractivity contribution is 7.10. The molecule has 27 heavy (non-hydrogen) atoms. The topological polar surface area (TPSA) is 104 Å². The fourth-order valence-electron chi connectivity index (χ4n) is 2.42. The Bertz CT molecular complexity index is 558. The summed E-state index contributed by atoms with van der Waals surface area (Å²) in [6.45, 7) is 3.10. The van der Waals surface area contributed by atoms with Gasteiger partial charge in [0.15, 0.2) is 0 Å². The Morgan fingerprint density at radius 1 is 1.19 bits per heavy atom. The number of hydrogen-bond donors (Lipinski definition) is 4. The maximum Gasteiger partial charge on any atom is 0.300 e. The van der Waals surface area contributed by atoms with Crippen molar-refractivity contribution in [1.82, 2.24) is 0 Å². The van der Waals surface area contributed by atoms with E-state index in [0.29, 0.717) is 0 Å². The molecule has 1 aromatic heterocycles. The number of hydrogen-bond acceptors (Lipinski definition) is 5. The van der Waals surface area contributed by atoms with Crippen molar-refractivity contribution in [3.05, 3.63) is 21.9 Å². The van der Waals surface area contributed by atoms with Gasteiger partial charge in [0.2, 0.25) is 0 Å². The van der Waals surface area contributed by atoms with Gasteiger partial charge < -0.3 is 21.1 Å². The van der Waals surface area contributed by atoms with Crippen molar-refractivity contribution in [2.24, 2.45) is 5.73 Å². The van der Waals surface area contributed by atoms with Crippen LogP contribution < -0.4 is 5.73 Å². The Morgan fingerprint density at radius 3 is 2.30 bits per heavy atom. The highest BCUT2D eigenvalue weighted by Crippen LogP contribution is 2.22. The third-order valence-corrected chi connectivity index (χ3v) is 4.81. The summed E-state index contributed by atoms with van der Waals surface area (Å²) in [6.07, 6.45) is 10.6. The fraction of sp³-hybridized carbons (Fsp3) is 0.667. The molecule has 0 aliphatic heterocycles. The fourth-order valence-corrected chi connectivity index (χ4v) is 3.22. The normalized spacial score (nSPS) is 12.3. The minimum atomic E-state index is -0.833. The van der Waals surface area contributed by atoms with E-state index in [2.05, 4.69) is 18.8 Å². The lowest BCUT2D eigenvalue weighted by atomic mass is 10.1. The highest BCUT2D eigenvalue weighted by Gasteiger charge is 2.16. The second kappa shape index (κ2) is 16.8. The second-order valence-electron chi connectivity index (χ2n) is 6.58. The van der Waals surface area contributed by atoms with E-state index < -0.39 is 18.1 Å². The van der Waals surface area contributed by atoms with Crippen LogP contribution in [0.15, 0.2) is 11.4 Å². The predicted molar refractivity (Wildman–Crippen MR) is 112 cm³/mol. The minimum Gasteiger partial charge on any atom is -0.481 e. The van der Waals surface area contributed by atoms with Crippen molar-refractivity contribution >= 4 is 17.3 Å². The third kappa shape index (κ3) is 14.3. The average Bonchev–Trinajstić information content (AvgIpc) is 3.10. The molecule has 0 bridgehead atoms. The number of thiophene rings is 1. The number of carboxylic acid groups (broad SMARTS) is 1. The zero-order valence-corrected chi connectivity index (χ0v) is 17.4. The van der Waals surface area contributed by atoms with Gasteiger partial charge in [-0.1, -0.05) is 63.7 Å². The number of unbranched alkanes of at least 4 members (excludes halogenated alkanes) is 8. The summed E-state index contributed by atoms with van der Waals surface area (Å²) in [5.74, 6) is 5.52. The van der Waals surface area contributed by atoms with Crippen LogP contribution in [0.4, 0.5) is 0 Å². The molecule has 0 aromatic carbocycles. The Kier molecular flexibility index (Phi) is 15.9. The Hall–Kier alpha value is -1.39. The monoisotopic (exact) mass is 397 g/mol. The van der Waals surface area contributed by atoms with Crippen LogP contribution in [0.5, 0.6) is 0 Å². The van der Waals surface area contributed by atoms with Crippen molar-refractivity contribution in [3.63, 3.8) is 0 Å². The molecule has 1 rings (SSSR count). The summed E-state index contributed by atoms with van der Waals surface area (Å²) in [4.78, 5) is 9.95. The molecular weight excluding hydrogens is 362 g/mol. The van der Waals surface area contributed by atoms with Crippen molar-refractivity contribution in [1.29, 1.82) is 0 Å². The van der Waals surface area contributed by atoms with Crippen molar-refractivity contribution in [3.8, 4) is 11.8 Å². The Morgan fingerprint density at radius 2 is 1.74 bits per heavy atom. The lowest BCUT2D eigenvalue weighted by Crippen LogP contribution is -2.31. The van der Waals surface area contributed by atoms with E-state index in [1.165, 1.54) is 56.3 Å². The average molecular weight is 398 g/mol. The molecule has 2 unspecified atom stereocenters. The maximum atomic E-state index is 9.92. The molecule has 0 radical (unpaired) electrons. The third-order valence-electron chi connectivity index (χ3n) is 3.94. The molecule has 2 atom stereocenters. The smallest absolute Gasteiger partial charge is 0.300 e. The van der Waals surface area contributed by atoms with Crippen LogP contribution in [-0.2, 0) is 4.79 Å². The first-order valence-corrected chi connectivity index (χ1v) is 10.6. The highest BCUT2D eigenvalue weighted by atomic mass is 32.1. The summed E-state index contributed by atoms with van der Waals surface area (Å²) in [5.41, 5.74) is 6.38. The molecule has 0 saturated heterocycles. The van der Waals surface area contributed by atoms with E-state index in [4.69, 9.17) is 20.7 Å². The second-order valence-corrected chi connectivity index (χ2v) is 7.49. The van der Waals surface area contributed by atoms with E-state index in [1.807, 2.05) is 11.4 Å². The summed E-state index contributed by atoms with van der Waals surface area (Å²) in [5, 5.41) is 28.2. The van der Waals surface area contributed by atoms with E-state index in [9.17, 15) is 5.11 Å². The van der Waals surface area contributed by atoms with Crippen LogP contribution in [0.2, 0.25) is 0 Å². The standard InChI is InChI=1S/C19H31NO2S.C2H4O2/c1-2-3-4-5-6-7-8-9-10-11-12-17-13-16(15-23-17)19(22)18(20)14-21;1-2(3)4/h13,15,18-19,21-22H,2-10,14,20H2,1H3;1H3,(H,3,4). The van der Waals surface area contributed by atoms with Crippen LogP contribution in [0.3, 0.4) is 0 Å². The SMILES string of the molecule is CC(=O)O.CCCCCCCCCCC#Cc1cc(C(O)C(N)CO)cs1. The van der Waals surface area contributed by atoms with E-state index in [-0.39, 0.29) is 6.61 Å². The first kappa shape index (κ1) is 25.6. The van der Waals surface area contributed by atoms with Gasteiger partial charge in [0.1, 0.15) is 0 Å². The Labute approximate surface area is 167 Å². The van der Waals surface area contributed by atoms with E-state index >= 15 is 0 Å². The number of carboxylic acids is 1. The number of aliphatic carboxylic acids is 1. The van der Waals surface area contributed by atoms with Crippen molar-refractivity contribution < 1.29 is 20.1 Å². The molecule has 5 N–H and O–H groups in total. The molecular formula is C21H35NO4S. The first-order chi connectivity index (χ1) is 12.9. The van der Waals surface area contributed by atoms with Gasteiger partial charge in [-0.15, -0.1) is 11.3 Å². The molecule has 6 heteroatoms. The lowest BCUT2D eigenvalue weighted by Gasteiger charge is -2.14. The van der Waals surface area contributed by atoms with Gasteiger partial charge in [0.25, 0.3) is 5.97 Å². The largest absolute Gasteiger partial charge is 0.481 e. The number of carbonyl (C=O) groups is 1. The summed E-state index contributed by atoms with van der Waals surface area (Å²) >= 11 is 1.51. The number of rotatable bonds is 11. The van der Waals surface area contributed by atoms with Crippen LogP contribution in [0, 0.1) is 11.8 Å². The van der Waals surface area contributed by atoms with E-state index in [0.717, 1.165) is 30.2 Å². The molecule has 0 aliphatic rings. The van der Waals surface area contributed by atoms with Gasteiger partial charge in [-0.2, -0.15) is 0 Å². The maximum absolute atomic E-state index is 9.92. The van der Waals surface area contributed by atoms with Crippen LogP contribution in [0.25, 0.3) is 0 Å². The predicted octanol–water partition coefficient (Wildman–Crippen LogP) is 4.07. The Balaban J connectivity index is 0.00000153. The van der Waals surface area contributed by atoms with Crippen LogP contribution >= 0.6 is 11.3 Å². The van der Waals surface area contributed by atoms with Gasteiger partial charge in [0, 0.05) is 13.3 Å². The molecule has 1 aromatic rings. The first-order valence-electron chi connectivity index (χ1n) is 9.73. The number of aliphatic hydroxyl groups excluding tert-OH is 2. The van der Waals surface area contributed by atoms with Crippen LogP contribution in [-0.4, -0.2) is 33.9 Å².